The maximum Gasteiger partial charge on any atom is 0.0729 e. The van der Waals surface area contributed by atoms with E-state index in [9.17, 15) is 0 Å². The number of halogens is 1. The molecular weight excluding hydrogens is 308 g/mol. The van der Waals surface area contributed by atoms with Crippen LogP contribution in [0.1, 0.15) is 22.7 Å². The Morgan fingerprint density at radius 2 is 2.06 bits per heavy atom. The first-order valence-corrected chi connectivity index (χ1v) is 7.65. The summed E-state index contributed by atoms with van der Waals surface area (Å²) in [6, 6.07) is 12.6. The third-order valence-electron chi connectivity index (χ3n) is 2.81. The van der Waals surface area contributed by atoms with Crippen LogP contribution in [0.2, 0.25) is 0 Å². The molecule has 0 fully saturated rings. The fourth-order valence-electron chi connectivity index (χ4n) is 1.78. The minimum atomic E-state index is 0.175. The Morgan fingerprint density at radius 1 is 1.28 bits per heavy atom. The number of aryl methyl sites for hydroxylation is 1. The molecule has 0 amide bonds. The molecule has 0 saturated heterocycles. The zero-order valence-electron chi connectivity index (χ0n) is 10.3. The topological polar surface area (TPSA) is 38.0 Å². The van der Waals surface area contributed by atoms with E-state index < -0.39 is 0 Å². The Bertz CT molecular complexity index is 510. The molecular formula is C14H17BrN2S. The summed E-state index contributed by atoms with van der Waals surface area (Å²) in [6.45, 7) is 2.76. The van der Waals surface area contributed by atoms with E-state index in [0.29, 0.717) is 6.54 Å². The molecule has 1 unspecified atom stereocenters. The van der Waals surface area contributed by atoms with E-state index in [4.69, 9.17) is 5.73 Å². The number of benzene rings is 1. The molecule has 1 aromatic heterocycles. The fourth-order valence-corrected chi connectivity index (χ4v) is 3.20. The molecule has 0 saturated carbocycles. The van der Waals surface area contributed by atoms with Crippen molar-refractivity contribution >= 4 is 33.0 Å². The summed E-state index contributed by atoms with van der Waals surface area (Å²) in [6.07, 6.45) is 1.08. The minimum Gasteiger partial charge on any atom is -0.375 e. The molecule has 0 spiro atoms. The monoisotopic (exact) mass is 324 g/mol. The Morgan fingerprint density at radius 3 is 2.67 bits per heavy atom. The van der Waals surface area contributed by atoms with Crippen molar-refractivity contribution in [3.63, 3.8) is 0 Å². The van der Waals surface area contributed by atoms with Crippen LogP contribution in [0.5, 0.6) is 0 Å². The van der Waals surface area contributed by atoms with E-state index in [1.807, 2.05) is 29.5 Å². The van der Waals surface area contributed by atoms with Crippen molar-refractivity contribution in [2.75, 3.05) is 11.9 Å². The molecule has 96 valence electrons. The fraction of sp³-hybridized carbons (Fsp3) is 0.286. The third-order valence-corrected chi connectivity index (χ3v) is 4.85. The van der Waals surface area contributed by atoms with Gasteiger partial charge in [0, 0.05) is 26.5 Å². The van der Waals surface area contributed by atoms with Gasteiger partial charge in [0.2, 0.25) is 0 Å². The lowest BCUT2D eigenvalue weighted by atomic mass is 10.2. The zero-order chi connectivity index (χ0) is 13.0. The van der Waals surface area contributed by atoms with Crippen molar-refractivity contribution in [1.29, 1.82) is 0 Å². The SMILES string of the molecule is CCc1ccc(C(CN)Nc2ccccc2Br)s1. The summed E-state index contributed by atoms with van der Waals surface area (Å²) in [5.41, 5.74) is 6.97. The summed E-state index contributed by atoms with van der Waals surface area (Å²) in [5, 5.41) is 3.49. The Balaban J connectivity index is 2.17. The molecule has 1 atom stereocenters. The first-order chi connectivity index (χ1) is 8.74. The van der Waals surface area contributed by atoms with Crippen molar-refractivity contribution in [2.45, 2.75) is 19.4 Å². The predicted octanol–water partition coefficient (Wildman–Crippen LogP) is 4.18. The second kappa shape index (κ2) is 6.36. The van der Waals surface area contributed by atoms with Gasteiger partial charge in [-0.25, -0.2) is 0 Å². The molecule has 2 rings (SSSR count). The van der Waals surface area contributed by atoms with Crippen LogP contribution in [0.3, 0.4) is 0 Å². The molecule has 0 aliphatic heterocycles. The van der Waals surface area contributed by atoms with Gasteiger partial charge < -0.3 is 11.1 Å². The standard InChI is InChI=1S/C14H17BrN2S/c1-2-10-7-8-14(18-10)13(9-16)17-12-6-4-3-5-11(12)15/h3-8,13,17H,2,9,16H2,1H3. The maximum atomic E-state index is 5.88. The lowest BCUT2D eigenvalue weighted by Gasteiger charge is -2.17. The van der Waals surface area contributed by atoms with Crippen molar-refractivity contribution in [3.8, 4) is 0 Å². The molecule has 3 N–H and O–H groups in total. The summed E-state index contributed by atoms with van der Waals surface area (Å²) >= 11 is 5.38. The maximum absolute atomic E-state index is 5.88. The molecule has 18 heavy (non-hydrogen) atoms. The second-order valence-electron chi connectivity index (χ2n) is 4.07. The van der Waals surface area contributed by atoms with E-state index in [-0.39, 0.29) is 6.04 Å². The average Bonchev–Trinajstić information content (AvgIpc) is 2.86. The minimum absolute atomic E-state index is 0.175. The molecule has 2 aromatic rings. The summed E-state index contributed by atoms with van der Waals surface area (Å²) in [5.74, 6) is 0. The second-order valence-corrected chi connectivity index (χ2v) is 6.12. The van der Waals surface area contributed by atoms with Gasteiger partial charge in [-0.2, -0.15) is 0 Å². The summed E-state index contributed by atoms with van der Waals surface area (Å²) < 4.78 is 1.07. The smallest absolute Gasteiger partial charge is 0.0729 e. The van der Waals surface area contributed by atoms with Crippen LogP contribution in [0, 0.1) is 0 Å². The number of anilines is 1. The van der Waals surface area contributed by atoms with Gasteiger partial charge in [0.15, 0.2) is 0 Å². The largest absolute Gasteiger partial charge is 0.375 e. The van der Waals surface area contributed by atoms with Gasteiger partial charge in [0.25, 0.3) is 0 Å². The predicted molar refractivity (Wildman–Crippen MR) is 83.3 cm³/mol. The number of thiophene rings is 1. The molecule has 0 aliphatic carbocycles. The van der Waals surface area contributed by atoms with Gasteiger partial charge in [0.1, 0.15) is 0 Å². The molecule has 1 heterocycles. The highest BCUT2D eigenvalue weighted by Gasteiger charge is 2.12. The van der Waals surface area contributed by atoms with Crippen LogP contribution in [0.4, 0.5) is 5.69 Å². The van der Waals surface area contributed by atoms with Crippen molar-refractivity contribution in [1.82, 2.24) is 0 Å². The Labute approximate surface area is 120 Å². The van der Waals surface area contributed by atoms with Crippen LogP contribution in [-0.4, -0.2) is 6.54 Å². The van der Waals surface area contributed by atoms with Gasteiger partial charge in [-0.1, -0.05) is 19.1 Å². The number of para-hydroxylation sites is 1. The highest BCUT2D eigenvalue weighted by molar-refractivity contribution is 9.10. The number of hydrogen-bond donors (Lipinski definition) is 2. The number of rotatable bonds is 5. The van der Waals surface area contributed by atoms with Crippen molar-refractivity contribution < 1.29 is 0 Å². The van der Waals surface area contributed by atoms with E-state index in [2.05, 4.69) is 46.4 Å². The third kappa shape index (κ3) is 3.13. The molecule has 1 aromatic carbocycles. The quantitative estimate of drug-likeness (QED) is 0.865. The van der Waals surface area contributed by atoms with Crippen LogP contribution >= 0.6 is 27.3 Å². The molecule has 0 radical (unpaired) electrons. The van der Waals surface area contributed by atoms with Crippen LogP contribution in [0.25, 0.3) is 0 Å². The van der Waals surface area contributed by atoms with E-state index >= 15 is 0 Å². The highest BCUT2D eigenvalue weighted by Crippen LogP contribution is 2.29. The number of hydrogen-bond acceptors (Lipinski definition) is 3. The van der Waals surface area contributed by atoms with Crippen molar-refractivity contribution in [3.05, 3.63) is 50.6 Å². The van der Waals surface area contributed by atoms with Crippen LogP contribution in [-0.2, 0) is 6.42 Å². The first-order valence-electron chi connectivity index (χ1n) is 6.04. The number of nitrogens with two attached hydrogens (primary N) is 1. The van der Waals surface area contributed by atoms with Crippen LogP contribution < -0.4 is 11.1 Å². The highest BCUT2D eigenvalue weighted by atomic mass is 79.9. The van der Waals surface area contributed by atoms with Crippen molar-refractivity contribution in [2.24, 2.45) is 5.73 Å². The Kier molecular flexibility index (Phi) is 4.80. The molecule has 0 aliphatic rings. The van der Waals surface area contributed by atoms with E-state index in [1.165, 1.54) is 9.75 Å². The summed E-state index contributed by atoms with van der Waals surface area (Å²) in [7, 11) is 0. The molecule has 0 bridgehead atoms. The van der Waals surface area contributed by atoms with Gasteiger partial charge in [-0.15, -0.1) is 11.3 Å². The van der Waals surface area contributed by atoms with E-state index in [1.54, 1.807) is 0 Å². The van der Waals surface area contributed by atoms with Gasteiger partial charge in [0.05, 0.1) is 6.04 Å². The normalized spacial score (nSPS) is 12.4. The van der Waals surface area contributed by atoms with E-state index in [0.717, 1.165) is 16.6 Å². The first kappa shape index (κ1) is 13.6. The number of nitrogens with one attached hydrogen (secondary N) is 1. The zero-order valence-corrected chi connectivity index (χ0v) is 12.7. The van der Waals surface area contributed by atoms with Crippen LogP contribution in [0.15, 0.2) is 40.9 Å². The van der Waals surface area contributed by atoms with Gasteiger partial charge in [-0.3, -0.25) is 0 Å². The van der Waals surface area contributed by atoms with Gasteiger partial charge in [-0.05, 0) is 46.6 Å². The lowest BCUT2D eigenvalue weighted by molar-refractivity contribution is 0.805. The lowest BCUT2D eigenvalue weighted by Crippen LogP contribution is -2.19. The van der Waals surface area contributed by atoms with Gasteiger partial charge >= 0.3 is 0 Å². The Hall–Kier alpha value is -0.840. The average molecular weight is 325 g/mol. The molecule has 4 heteroatoms. The summed E-state index contributed by atoms with van der Waals surface area (Å²) in [4.78, 5) is 2.70. The molecule has 2 nitrogen and oxygen atoms in total.